The lowest BCUT2D eigenvalue weighted by Gasteiger charge is -2.28. The molecule has 286 valence electrons. The summed E-state index contributed by atoms with van der Waals surface area (Å²) in [4.78, 5) is 55.2. The van der Waals surface area contributed by atoms with Crippen LogP contribution in [0.4, 0.5) is 11.4 Å². The van der Waals surface area contributed by atoms with Gasteiger partial charge in [-0.3, -0.25) is 29.0 Å². The average molecular weight is 753 g/mol. The van der Waals surface area contributed by atoms with Crippen molar-refractivity contribution in [1.29, 1.82) is 0 Å². The van der Waals surface area contributed by atoms with Gasteiger partial charge in [-0.2, -0.15) is 0 Å². The number of anilines is 2. The zero-order valence-electron chi connectivity index (χ0n) is 32.0. The van der Waals surface area contributed by atoms with E-state index < -0.39 is 0 Å². The molecular formula is C44H48N8O4+2. The van der Waals surface area contributed by atoms with Crippen LogP contribution in [0.1, 0.15) is 80.0 Å². The van der Waals surface area contributed by atoms with Gasteiger partial charge < -0.3 is 10.6 Å². The van der Waals surface area contributed by atoms with E-state index in [9.17, 15) is 19.2 Å². The molecule has 2 aromatic heterocycles. The molecule has 0 unspecified atom stereocenters. The van der Waals surface area contributed by atoms with Gasteiger partial charge in [0.25, 0.3) is 23.6 Å². The summed E-state index contributed by atoms with van der Waals surface area (Å²) in [6.07, 6.45) is 18.0. The van der Waals surface area contributed by atoms with Crippen LogP contribution in [0.2, 0.25) is 0 Å². The van der Waals surface area contributed by atoms with E-state index in [0.717, 1.165) is 104 Å². The predicted molar refractivity (Wildman–Crippen MR) is 215 cm³/mol. The molecule has 2 aliphatic rings. The molecule has 0 radical (unpaired) electrons. The molecule has 2 aliphatic heterocycles. The Morgan fingerprint density at radius 3 is 1.70 bits per heavy atom. The first-order valence-corrected chi connectivity index (χ1v) is 19.6. The number of nitrogens with one attached hydrogen (secondary N) is 2. The molecule has 12 nitrogen and oxygen atoms in total. The smallest absolute Gasteiger partial charge is 0.261 e. The minimum absolute atomic E-state index is 0.209. The zero-order chi connectivity index (χ0) is 38.8. The maximum absolute atomic E-state index is 13.6. The molecule has 0 saturated heterocycles. The molecule has 0 bridgehead atoms. The number of amides is 4. The van der Waals surface area contributed by atoms with Crippen molar-refractivity contribution in [3.8, 4) is 0 Å². The van der Waals surface area contributed by atoms with Crippen molar-refractivity contribution in [3.63, 3.8) is 0 Å². The number of hydrogen-bond donors (Lipinski definition) is 2. The molecule has 12 heteroatoms. The number of carbonyl (C=O) groups is 4. The SMILES string of the molecule is CN1C(=O)c2cccc3c(NCCCn4cc[n+](CCCCCCN5C(=O)c6cccc7c(NCCCn8cc[n+](C)c8)ccc(c67)C5=O)c4)ccc(c23)C1=O. The van der Waals surface area contributed by atoms with E-state index in [0.29, 0.717) is 28.8 Å². The highest BCUT2D eigenvalue weighted by Gasteiger charge is 2.33. The number of aromatic nitrogens is 4. The van der Waals surface area contributed by atoms with Crippen molar-refractivity contribution >= 4 is 56.5 Å². The summed E-state index contributed by atoms with van der Waals surface area (Å²) in [6.45, 7) is 4.59. The van der Waals surface area contributed by atoms with Gasteiger partial charge in [0.05, 0.1) is 26.7 Å². The molecule has 2 N–H and O–H groups in total. The normalized spacial score (nSPS) is 13.8. The molecule has 0 spiro atoms. The second-order valence-electron chi connectivity index (χ2n) is 14.9. The summed E-state index contributed by atoms with van der Waals surface area (Å²) in [5, 5.41) is 10.3. The van der Waals surface area contributed by atoms with Crippen LogP contribution in [0.3, 0.4) is 0 Å². The van der Waals surface area contributed by atoms with Crippen molar-refractivity contribution in [2.24, 2.45) is 7.05 Å². The van der Waals surface area contributed by atoms with Crippen LogP contribution in [-0.4, -0.2) is 69.2 Å². The fourth-order valence-corrected chi connectivity index (χ4v) is 8.10. The van der Waals surface area contributed by atoms with Crippen molar-refractivity contribution in [2.75, 3.05) is 37.3 Å². The summed E-state index contributed by atoms with van der Waals surface area (Å²) in [5.74, 6) is -0.957. The van der Waals surface area contributed by atoms with Gasteiger partial charge in [-0.1, -0.05) is 30.7 Å². The number of rotatable bonds is 17. The number of benzene rings is 4. The van der Waals surface area contributed by atoms with E-state index >= 15 is 0 Å². The third kappa shape index (κ3) is 7.14. The summed E-state index contributed by atoms with van der Waals surface area (Å²) < 4.78 is 8.56. The average Bonchev–Trinajstić information content (AvgIpc) is 3.86. The molecule has 0 aliphatic carbocycles. The van der Waals surface area contributed by atoms with Gasteiger partial charge in [-0.15, -0.1) is 0 Å². The standard InChI is InChI=1S/C44H46N8O4/c1-47-25-26-49(29-47)22-9-19-45-38-18-16-36-40-32(38)12-8-14-34(40)43(55)52(44(36)56)24-6-4-3-5-21-50-27-28-51(30-50)23-10-20-46-37-17-15-35-39-31(37)11-7-13-33(39)41(53)48(2)42(35)54/h7-8,11-18,25-30H,3-6,9-10,19-24H2,1-2H3/p+2. The van der Waals surface area contributed by atoms with Gasteiger partial charge in [0.1, 0.15) is 24.8 Å². The second-order valence-corrected chi connectivity index (χ2v) is 14.9. The van der Waals surface area contributed by atoms with Crippen LogP contribution in [0, 0.1) is 0 Å². The molecule has 4 aromatic carbocycles. The Hall–Kier alpha value is -6.30. The Morgan fingerprint density at radius 2 is 1.09 bits per heavy atom. The van der Waals surface area contributed by atoms with Gasteiger partial charge in [-0.25, -0.2) is 18.3 Å². The summed E-state index contributed by atoms with van der Waals surface area (Å²) in [5.41, 5.74) is 4.17. The Kier molecular flexibility index (Phi) is 10.4. The lowest BCUT2D eigenvalue weighted by atomic mass is 9.92. The fourth-order valence-electron chi connectivity index (χ4n) is 8.10. The maximum atomic E-state index is 13.6. The monoisotopic (exact) mass is 752 g/mol. The lowest BCUT2D eigenvalue weighted by molar-refractivity contribution is -0.696. The van der Waals surface area contributed by atoms with E-state index in [-0.39, 0.29) is 23.6 Å². The first-order chi connectivity index (χ1) is 27.3. The lowest BCUT2D eigenvalue weighted by Crippen LogP contribution is -2.40. The van der Waals surface area contributed by atoms with Crippen LogP contribution in [0.15, 0.2) is 98.1 Å². The van der Waals surface area contributed by atoms with Gasteiger partial charge >= 0.3 is 0 Å². The first kappa shape index (κ1) is 36.7. The maximum Gasteiger partial charge on any atom is 0.261 e. The predicted octanol–water partition coefficient (Wildman–Crippen LogP) is 5.79. The van der Waals surface area contributed by atoms with E-state index in [1.165, 1.54) is 16.8 Å². The quantitative estimate of drug-likeness (QED) is 0.0693. The molecular weight excluding hydrogens is 705 g/mol. The Morgan fingerprint density at radius 1 is 0.554 bits per heavy atom. The molecule has 8 rings (SSSR count). The van der Waals surface area contributed by atoms with Gasteiger partial charge in [0, 0.05) is 94.7 Å². The molecule has 0 fully saturated rings. The highest BCUT2D eigenvalue weighted by atomic mass is 16.2. The van der Waals surface area contributed by atoms with Crippen LogP contribution in [0.25, 0.3) is 21.5 Å². The third-order valence-electron chi connectivity index (χ3n) is 11.0. The van der Waals surface area contributed by atoms with Crippen molar-refractivity contribution in [3.05, 3.63) is 120 Å². The Bertz CT molecular complexity index is 2440. The summed E-state index contributed by atoms with van der Waals surface area (Å²) in [7, 11) is 3.53. The number of nitrogens with zero attached hydrogens (tertiary/aromatic N) is 6. The Labute approximate surface area is 325 Å². The highest BCUT2D eigenvalue weighted by Crippen LogP contribution is 2.36. The first-order valence-electron chi connectivity index (χ1n) is 19.6. The largest absolute Gasteiger partial charge is 0.384 e. The summed E-state index contributed by atoms with van der Waals surface area (Å²) in [6, 6.07) is 18.9. The van der Waals surface area contributed by atoms with E-state index in [2.05, 4.69) is 55.6 Å². The zero-order valence-corrected chi connectivity index (χ0v) is 32.0. The molecule has 4 amide bonds. The van der Waals surface area contributed by atoms with Crippen LogP contribution in [-0.2, 0) is 26.7 Å². The van der Waals surface area contributed by atoms with E-state index in [1.807, 2.05) is 72.4 Å². The highest BCUT2D eigenvalue weighted by molar-refractivity contribution is 6.27. The molecule has 0 saturated carbocycles. The van der Waals surface area contributed by atoms with Crippen molar-refractivity contribution < 1.29 is 28.3 Å². The number of imide groups is 2. The van der Waals surface area contributed by atoms with Gasteiger partial charge in [-0.05, 0) is 55.7 Å². The number of aryl methyl sites for hydroxylation is 4. The second kappa shape index (κ2) is 15.8. The fraction of sp³-hybridized carbons (Fsp3) is 0.318. The minimum atomic E-state index is -0.270. The topological polar surface area (TPSA) is 116 Å². The number of imidazole rings is 2. The number of carbonyl (C=O) groups excluding carboxylic acids is 4. The molecule has 56 heavy (non-hydrogen) atoms. The molecule has 4 heterocycles. The summed E-state index contributed by atoms with van der Waals surface area (Å²) >= 11 is 0. The van der Waals surface area contributed by atoms with Crippen molar-refractivity contribution in [1.82, 2.24) is 18.9 Å². The number of hydrogen-bond acceptors (Lipinski definition) is 6. The Balaban J connectivity index is 0.768. The molecule has 6 aromatic rings. The van der Waals surface area contributed by atoms with Crippen LogP contribution < -0.4 is 19.8 Å². The minimum Gasteiger partial charge on any atom is -0.384 e. The molecule has 0 atom stereocenters. The van der Waals surface area contributed by atoms with Crippen LogP contribution >= 0.6 is 0 Å². The van der Waals surface area contributed by atoms with Crippen molar-refractivity contribution in [2.45, 2.75) is 58.2 Å². The van der Waals surface area contributed by atoms with E-state index in [1.54, 1.807) is 6.07 Å². The van der Waals surface area contributed by atoms with Gasteiger partial charge in [0.15, 0.2) is 0 Å². The number of unbranched alkanes of at least 4 members (excludes halogenated alkanes) is 3. The van der Waals surface area contributed by atoms with Gasteiger partial charge in [0.2, 0.25) is 12.7 Å². The third-order valence-corrected chi connectivity index (χ3v) is 11.0. The van der Waals surface area contributed by atoms with E-state index in [4.69, 9.17) is 0 Å². The van der Waals surface area contributed by atoms with Crippen LogP contribution in [0.5, 0.6) is 0 Å².